The topological polar surface area (TPSA) is 17.1 Å². The Morgan fingerprint density at radius 2 is 1.89 bits per heavy atom. The van der Waals surface area contributed by atoms with Gasteiger partial charge in [0, 0.05) is 23.5 Å². The quantitative estimate of drug-likeness (QED) is 0.278. The fraction of sp³-hybridized carbons (Fsp3) is 0.324. The van der Waals surface area contributed by atoms with Crippen LogP contribution in [0.25, 0.3) is 5.57 Å². The van der Waals surface area contributed by atoms with E-state index in [2.05, 4.69) is 99.4 Å². The zero-order valence-electron chi connectivity index (χ0n) is 21.5. The van der Waals surface area contributed by atoms with Crippen LogP contribution >= 0.6 is 0 Å². The van der Waals surface area contributed by atoms with Crippen LogP contribution in [0.3, 0.4) is 0 Å². The molecule has 1 heteroatoms. The number of Topliss-reactive ketones (excluding diaryl/α,β-unsaturated/α-hetero) is 1. The predicted octanol–water partition coefficient (Wildman–Crippen LogP) is 9.40. The zero-order chi connectivity index (χ0) is 24.8. The van der Waals surface area contributed by atoms with Gasteiger partial charge in [-0.25, -0.2) is 0 Å². The molecule has 0 heterocycles. The molecule has 0 N–H and O–H groups in total. The predicted molar refractivity (Wildman–Crippen MR) is 151 cm³/mol. The van der Waals surface area contributed by atoms with Crippen molar-refractivity contribution in [1.29, 1.82) is 0 Å². The molecular weight excluding hydrogens is 424 g/mol. The van der Waals surface area contributed by atoms with Gasteiger partial charge < -0.3 is 0 Å². The highest BCUT2D eigenvalue weighted by Gasteiger charge is 2.21. The largest absolute Gasteiger partial charge is 0.289 e. The fourth-order valence-electron chi connectivity index (χ4n) is 5.13. The number of hydrogen-bond donors (Lipinski definition) is 0. The lowest BCUT2D eigenvalue weighted by Crippen LogP contribution is -2.11. The van der Waals surface area contributed by atoms with Crippen molar-refractivity contribution >= 4 is 11.4 Å². The lowest BCUT2D eigenvalue weighted by molar-refractivity contribution is 0.103. The Kier molecular flexibility index (Phi) is 8.18. The summed E-state index contributed by atoms with van der Waals surface area (Å²) < 4.78 is 0. The molecule has 0 aromatic heterocycles. The second-order valence-electron chi connectivity index (χ2n) is 10.5. The van der Waals surface area contributed by atoms with E-state index in [0.29, 0.717) is 18.3 Å². The Morgan fingerprint density at radius 1 is 1.06 bits per heavy atom. The lowest BCUT2D eigenvalue weighted by atomic mass is 9.83. The van der Waals surface area contributed by atoms with Gasteiger partial charge in [-0.15, -0.1) is 0 Å². The summed E-state index contributed by atoms with van der Waals surface area (Å²) >= 11 is 0. The van der Waals surface area contributed by atoms with E-state index < -0.39 is 0 Å². The van der Waals surface area contributed by atoms with Gasteiger partial charge in [-0.2, -0.15) is 0 Å². The van der Waals surface area contributed by atoms with Crippen LogP contribution in [0, 0.1) is 5.92 Å². The van der Waals surface area contributed by atoms with Crippen LogP contribution in [0.1, 0.15) is 86.7 Å². The molecule has 0 saturated heterocycles. The van der Waals surface area contributed by atoms with Crippen LogP contribution in [0.5, 0.6) is 0 Å². The average molecular weight is 463 g/mol. The van der Waals surface area contributed by atoms with Crippen molar-refractivity contribution in [2.75, 3.05) is 0 Å². The minimum Gasteiger partial charge on any atom is -0.289 e. The van der Waals surface area contributed by atoms with Crippen molar-refractivity contribution in [3.05, 3.63) is 125 Å². The van der Waals surface area contributed by atoms with E-state index in [0.717, 1.165) is 54.4 Å². The first-order valence-corrected chi connectivity index (χ1v) is 13.1. The maximum absolute atomic E-state index is 13.9. The molecule has 1 aromatic carbocycles. The summed E-state index contributed by atoms with van der Waals surface area (Å²) in [6, 6.07) is 6.52. The highest BCUT2D eigenvalue weighted by molar-refractivity contribution is 6.09. The number of ketones is 1. The summed E-state index contributed by atoms with van der Waals surface area (Å²) in [5.74, 6) is 1.03. The summed E-state index contributed by atoms with van der Waals surface area (Å²) in [6.45, 7) is 10.6. The SMILES string of the molecule is C=C(C)/C=C(\CC(C)C)C1=CCC=C(C(=O)c2cc(C3=CCCC=C3)cc(C3C=CC=CC3)c2)C1. The Bertz CT molecular complexity index is 1200. The molecule has 0 bridgehead atoms. The standard InChI is InChI=1S/C34H38O/c1-24(2)18-30(19-25(3)4)28-16-11-17-29(20-28)34(35)33-22-31(26-12-7-5-8-13-26)21-32(23-33)27-14-9-6-10-15-27/h5,7-9,12,14-18,21-23,25-26H,1,6,10-11,13,19-20H2,2-4H3/b30-18+. The van der Waals surface area contributed by atoms with E-state index in [-0.39, 0.29) is 5.78 Å². The molecule has 0 saturated carbocycles. The number of carbonyl (C=O) groups excluding carboxylic acids is 1. The summed E-state index contributed by atoms with van der Waals surface area (Å²) in [7, 11) is 0. The zero-order valence-corrected chi connectivity index (χ0v) is 21.5. The Hall–Kier alpha value is -3.19. The number of benzene rings is 1. The molecule has 0 fully saturated rings. The molecule has 180 valence electrons. The van der Waals surface area contributed by atoms with Crippen LogP contribution in [-0.2, 0) is 0 Å². The van der Waals surface area contributed by atoms with Crippen molar-refractivity contribution in [2.45, 2.75) is 65.2 Å². The van der Waals surface area contributed by atoms with E-state index in [9.17, 15) is 4.79 Å². The summed E-state index contributed by atoms with van der Waals surface area (Å²) in [5.41, 5.74) is 8.98. The molecule has 0 aliphatic heterocycles. The van der Waals surface area contributed by atoms with Crippen molar-refractivity contribution < 1.29 is 4.79 Å². The first kappa shape index (κ1) is 24.9. The van der Waals surface area contributed by atoms with Crippen molar-refractivity contribution in [3.63, 3.8) is 0 Å². The van der Waals surface area contributed by atoms with Crippen molar-refractivity contribution in [2.24, 2.45) is 5.92 Å². The first-order valence-electron chi connectivity index (χ1n) is 13.1. The summed E-state index contributed by atoms with van der Waals surface area (Å²) in [4.78, 5) is 13.9. The van der Waals surface area contributed by atoms with Gasteiger partial charge in [0.15, 0.2) is 5.78 Å². The second kappa shape index (κ2) is 11.5. The van der Waals surface area contributed by atoms with Crippen LogP contribution in [0.4, 0.5) is 0 Å². The van der Waals surface area contributed by atoms with Gasteiger partial charge in [-0.3, -0.25) is 4.79 Å². The normalized spacial score (nSPS) is 19.9. The summed E-state index contributed by atoms with van der Waals surface area (Å²) in [5, 5.41) is 0. The Morgan fingerprint density at radius 3 is 2.57 bits per heavy atom. The maximum atomic E-state index is 13.9. The Balaban J connectivity index is 1.65. The molecule has 1 atom stereocenters. The van der Waals surface area contributed by atoms with Crippen LogP contribution < -0.4 is 0 Å². The molecule has 35 heavy (non-hydrogen) atoms. The van der Waals surface area contributed by atoms with Gasteiger partial charge in [0.25, 0.3) is 0 Å². The van der Waals surface area contributed by atoms with Gasteiger partial charge in [0.2, 0.25) is 0 Å². The first-order chi connectivity index (χ1) is 16.9. The molecule has 4 rings (SSSR count). The van der Waals surface area contributed by atoms with E-state index in [1.165, 1.54) is 22.3 Å². The second-order valence-corrected chi connectivity index (χ2v) is 10.5. The van der Waals surface area contributed by atoms with Gasteiger partial charge >= 0.3 is 0 Å². The minimum atomic E-state index is 0.161. The molecule has 1 aromatic rings. The van der Waals surface area contributed by atoms with Crippen molar-refractivity contribution in [1.82, 2.24) is 0 Å². The number of hydrogen-bond acceptors (Lipinski definition) is 1. The van der Waals surface area contributed by atoms with Gasteiger partial charge in [-0.1, -0.05) is 92.8 Å². The van der Waals surface area contributed by atoms with Crippen molar-refractivity contribution in [3.8, 4) is 0 Å². The third kappa shape index (κ3) is 6.48. The van der Waals surface area contributed by atoms with Crippen LogP contribution in [0.15, 0.2) is 108 Å². The smallest absolute Gasteiger partial charge is 0.189 e. The van der Waals surface area contributed by atoms with E-state index >= 15 is 0 Å². The number of rotatable bonds is 8. The maximum Gasteiger partial charge on any atom is 0.189 e. The van der Waals surface area contributed by atoms with Crippen LogP contribution in [-0.4, -0.2) is 5.78 Å². The molecule has 0 spiro atoms. The van der Waals surface area contributed by atoms with E-state index in [4.69, 9.17) is 0 Å². The summed E-state index contributed by atoms with van der Waals surface area (Å²) in [6.07, 6.45) is 27.6. The number of carbonyl (C=O) groups is 1. The van der Waals surface area contributed by atoms with Gasteiger partial charge in [0.05, 0.1) is 0 Å². The number of allylic oxidation sites excluding steroid dienone is 15. The highest BCUT2D eigenvalue weighted by atomic mass is 16.1. The molecule has 0 radical (unpaired) electrons. The van der Waals surface area contributed by atoms with Gasteiger partial charge in [-0.05, 0) is 84.9 Å². The molecular formula is C34H38O. The molecule has 3 aliphatic rings. The highest BCUT2D eigenvalue weighted by Crippen LogP contribution is 2.34. The lowest BCUT2D eigenvalue weighted by Gasteiger charge is -2.21. The van der Waals surface area contributed by atoms with Crippen LogP contribution in [0.2, 0.25) is 0 Å². The molecule has 1 unspecified atom stereocenters. The molecule has 1 nitrogen and oxygen atoms in total. The average Bonchev–Trinajstić information content (AvgIpc) is 2.88. The van der Waals surface area contributed by atoms with E-state index in [1.807, 2.05) is 6.92 Å². The Labute approximate surface area is 211 Å². The molecule has 3 aliphatic carbocycles. The third-order valence-electron chi connectivity index (χ3n) is 6.82. The third-order valence-corrected chi connectivity index (χ3v) is 6.82. The van der Waals surface area contributed by atoms with E-state index in [1.54, 1.807) is 0 Å². The minimum absolute atomic E-state index is 0.161. The molecule has 0 amide bonds. The van der Waals surface area contributed by atoms with Gasteiger partial charge in [0.1, 0.15) is 0 Å². The monoisotopic (exact) mass is 462 g/mol. The fourth-order valence-corrected chi connectivity index (χ4v) is 5.13.